The van der Waals surface area contributed by atoms with Crippen molar-refractivity contribution in [3.63, 3.8) is 0 Å². The SMILES string of the molecule is COC(=O)CCNC(=O)Nc1cc(O)cc(O)c1. The predicted molar refractivity (Wildman–Crippen MR) is 63.4 cm³/mol. The number of hydrogen-bond acceptors (Lipinski definition) is 5. The van der Waals surface area contributed by atoms with E-state index in [4.69, 9.17) is 0 Å². The third-order valence-corrected chi connectivity index (χ3v) is 2.00. The van der Waals surface area contributed by atoms with Crippen molar-refractivity contribution in [1.29, 1.82) is 0 Å². The molecule has 0 atom stereocenters. The Morgan fingerprint density at radius 2 is 1.83 bits per heavy atom. The number of methoxy groups -OCH3 is 1. The monoisotopic (exact) mass is 254 g/mol. The minimum atomic E-state index is -0.552. The van der Waals surface area contributed by atoms with Crippen molar-refractivity contribution < 1.29 is 24.5 Å². The van der Waals surface area contributed by atoms with E-state index in [1.165, 1.54) is 19.2 Å². The van der Waals surface area contributed by atoms with Gasteiger partial charge in [0.1, 0.15) is 11.5 Å². The second kappa shape index (κ2) is 6.33. The highest BCUT2D eigenvalue weighted by atomic mass is 16.5. The van der Waals surface area contributed by atoms with Crippen LogP contribution in [0.1, 0.15) is 6.42 Å². The molecule has 0 saturated carbocycles. The van der Waals surface area contributed by atoms with E-state index in [-0.39, 0.29) is 30.2 Å². The van der Waals surface area contributed by atoms with Crippen LogP contribution in [0.3, 0.4) is 0 Å². The fraction of sp³-hybridized carbons (Fsp3) is 0.273. The number of urea groups is 1. The van der Waals surface area contributed by atoms with Gasteiger partial charge in [0, 0.05) is 30.4 Å². The molecule has 1 aromatic carbocycles. The third-order valence-electron chi connectivity index (χ3n) is 2.00. The van der Waals surface area contributed by atoms with Crippen LogP contribution in [0.4, 0.5) is 10.5 Å². The van der Waals surface area contributed by atoms with Gasteiger partial charge in [-0.1, -0.05) is 0 Å². The molecule has 0 heterocycles. The van der Waals surface area contributed by atoms with Crippen LogP contribution in [0.15, 0.2) is 18.2 Å². The number of benzene rings is 1. The topological polar surface area (TPSA) is 108 Å². The van der Waals surface area contributed by atoms with Crippen LogP contribution in [0, 0.1) is 0 Å². The summed E-state index contributed by atoms with van der Waals surface area (Å²) in [4.78, 5) is 22.1. The zero-order valence-corrected chi connectivity index (χ0v) is 9.77. The Morgan fingerprint density at radius 3 is 2.39 bits per heavy atom. The first-order valence-electron chi connectivity index (χ1n) is 5.16. The molecule has 0 spiro atoms. The van der Waals surface area contributed by atoms with Crippen LogP contribution in [-0.4, -0.2) is 35.9 Å². The molecule has 7 nitrogen and oxygen atoms in total. The normalized spacial score (nSPS) is 9.61. The molecule has 98 valence electrons. The van der Waals surface area contributed by atoms with Crippen molar-refractivity contribution >= 4 is 17.7 Å². The summed E-state index contributed by atoms with van der Waals surface area (Å²) < 4.78 is 4.40. The summed E-state index contributed by atoms with van der Waals surface area (Å²) in [5.74, 6) is -0.759. The van der Waals surface area contributed by atoms with E-state index in [0.717, 1.165) is 6.07 Å². The predicted octanol–water partition coefficient (Wildman–Crippen LogP) is 0.782. The van der Waals surface area contributed by atoms with Gasteiger partial charge in [-0.2, -0.15) is 0 Å². The van der Waals surface area contributed by atoms with Crippen molar-refractivity contribution in [2.75, 3.05) is 19.0 Å². The Bertz CT molecular complexity index is 427. The second-order valence-corrected chi connectivity index (χ2v) is 3.45. The summed E-state index contributed by atoms with van der Waals surface area (Å²) in [6.45, 7) is 0.128. The van der Waals surface area contributed by atoms with Gasteiger partial charge >= 0.3 is 12.0 Å². The Labute approximate surface area is 103 Å². The maximum atomic E-state index is 11.4. The van der Waals surface area contributed by atoms with Crippen LogP contribution in [0.2, 0.25) is 0 Å². The quantitative estimate of drug-likeness (QED) is 0.594. The zero-order valence-electron chi connectivity index (χ0n) is 9.77. The smallest absolute Gasteiger partial charge is 0.319 e. The van der Waals surface area contributed by atoms with Crippen molar-refractivity contribution in [2.24, 2.45) is 0 Å². The van der Waals surface area contributed by atoms with E-state index in [0.29, 0.717) is 0 Å². The molecule has 4 N–H and O–H groups in total. The molecule has 0 aromatic heterocycles. The third kappa shape index (κ3) is 4.60. The lowest BCUT2D eigenvalue weighted by Crippen LogP contribution is -2.30. The minimum absolute atomic E-state index is 0.0647. The fourth-order valence-electron chi connectivity index (χ4n) is 1.22. The number of hydrogen-bond donors (Lipinski definition) is 4. The van der Waals surface area contributed by atoms with Crippen molar-refractivity contribution in [2.45, 2.75) is 6.42 Å². The number of ether oxygens (including phenoxy) is 1. The lowest BCUT2D eigenvalue weighted by molar-refractivity contribution is -0.140. The molecule has 18 heavy (non-hydrogen) atoms. The molecular formula is C11H14N2O5. The highest BCUT2D eigenvalue weighted by molar-refractivity contribution is 5.89. The largest absolute Gasteiger partial charge is 0.508 e. The molecule has 0 aliphatic carbocycles. The van der Waals surface area contributed by atoms with Crippen LogP contribution >= 0.6 is 0 Å². The molecule has 1 rings (SSSR count). The first kappa shape index (κ1) is 13.6. The summed E-state index contributed by atoms with van der Waals surface area (Å²) >= 11 is 0. The first-order valence-corrected chi connectivity index (χ1v) is 5.16. The summed E-state index contributed by atoms with van der Waals surface area (Å²) in [5.41, 5.74) is 0.239. The van der Waals surface area contributed by atoms with E-state index in [9.17, 15) is 19.8 Å². The molecule has 0 unspecified atom stereocenters. The molecule has 0 fully saturated rings. The van der Waals surface area contributed by atoms with E-state index < -0.39 is 12.0 Å². The number of aromatic hydroxyl groups is 2. The number of carbonyl (C=O) groups is 2. The van der Waals surface area contributed by atoms with Gasteiger partial charge < -0.3 is 25.6 Å². The Kier molecular flexibility index (Phi) is 4.79. The van der Waals surface area contributed by atoms with Crippen molar-refractivity contribution in [3.8, 4) is 11.5 Å². The van der Waals surface area contributed by atoms with Gasteiger partial charge in [0.25, 0.3) is 0 Å². The minimum Gasteiger partial charge on any atom is -0.508 e. The standard InChI is InChI=1S/C11H14N2O5/c1-18-10(16)2-3-12-11(17)13-7-4-8(14)6-9(15)5-7/h4-6,14-15H,2-3H2,1H3,(H2,12,13,17). The molecule has 1 aromatic rings. The van der Waals surface area contributed by atoms with Crippen LogP contribution in [0.5, 0.6) is 11.5 Å². The maximum absolute atomic E-state index is 11.4. The molecule has 0 saturated heterocycles. The molecule has 0 aliphatic rings. The Balaban J connectivity index is 2.42. The van der Waals surface area contributed by atoms with E-state index >= 15 is 0 Å². The van der Waals surface area contributed by atoms with Crippen molar-refractivity contribution in [3.05, 3.63) is 18.2 Å². The molecule has 0 aliphatic heterocycles. The average molecular weight is 254 g/mol. The first-order chi connectivity index (χ1) is 8.51. The lowest BCUT2D eigenvalue weighted by atomic mass is 10.3. The molecule has 7 heteroatoms. The average Bonchev–Trinajstić information content (AvgIpc) is 2.27. The van der Waals surface area contributed by atoms with E-state index in [2.05, 4.69) is 15.4 Å². The van der Waals surface area contributed by atoms with Gasteiger partial charge in [-0.3, -0.25) is 4.79 Å². The van der Waals surface area contributed by atoms with Gasteiger partial charge in [0.2, 0.25) is 0 Å². The van der Waals surface area contributed by atoms with Crippen LogP contribution in [-0.2, 0) is 9.53 Å². The highest BCUT2D eigenvalue weighted by Gasteiger charge is 2.05. The molecular weight excluding hydrogens is 240 g/mol. The maximum Gasteiger partial charge on any atom is 0.319 e. The Morgan fingerprint density at radius 1 is 1.22 bits per heavy atom. The summed E-state index contributed by atoms with van der Waals surface area (Å²) in [5, 5.41) is 23.2. The van der Waals surface area contributed by atoms with Gasteiger partial charge in [-0.05, 0) is 0 Å². The number of esters is 1. The van der Waals surface area contributed by atoms with Gasteiger partial charge in [-0.15, -0.1) is 0 Å². The van der Waals surface area contributed by atoms with Gasteiger partial charge in [0.15, 0.2) is 0 Å². The number of rotatable bonds is 4. The molecule has 0 bridgehead atoms. The van der Waals surface area contributed by atoms with Crippen LogP contribution in [0.25, 0.3) is 0 Å². The van der Waals surface area contributed by atoms with Gasteiger partial charge in [0.05, 0.1) is 13.5 Å². The summed E-state index contributed by atoms with van der Waals surface area (Å²) in [6, 6.07) is 3.14. The zero-order chi connectivity index (χ0) is 13.5. The number of amides is 2. The second-order valence-electron chi connectivity index (χ2n) is 3.45. The number of carbonyl (C=O) groups excluding carboxylic acids is 2. The van der Waals surface area contributed by atoms with E-state index in [1.807, 2.05) is 0 Å². The van der Waals surface area contributed by atoms with Crippen molar-refractivity contribution in [1.82, 2.24) is 5.32 Å². The summed E-state index contributed by atoms with van der Waals surface area (Å²) in [6.07, 6.45) is 0.0647. The molecule has 2 amide bonds. The van der Waals surface area contributed by atoms with Gasteiger partial charge in [-0.25, -0.2) is 4.79 Å². The number of phenols is 2. The van der Waals surface area contributed by atoms with E-state index in [1.54, 1.807) is 0 Å². The fourth-order valence-corrected chi connectivity index (χ4v) is 1.22. The van der Waals surface area contributed by atoms with Crippen LogP contribution < -0.4 is 10.6 Å². The Hall–Kier alpha value is -2.44. The highest BCUT2D eigenvalue weighted by Crippen LogP contribution is 2.23. The number of anilines is 1. The molecule has 0 radical (unpaired) electrons. The lowest BCUT2D eigenvalue weighted by Gasteiger charge is -2.07. The number of nitrogens with one attached hydrogen (secondary N) is 2. The summed E-state index contributed by atoms with van der Waals surface area (Å²) in [7, 11) is 1.26. The number of phenolic OH excluding ortho intramolecular Hbond substituents is 2.